The predicted molar refractivity (Wildman–Crippen MR) is 183 cm³/mol. The fraction of sp³-hybridized carbons (Fsp3) is 0.211. The predicted octanol–water partition coefficient (Wildman–Crippen LogP) is 10.0. The van der Waals surface area contributed by atoms with Gasteiger partial charge >= 0.3 is 0 Å². The van der Waals surface area contributed by atoms with Gasteiger partial charge in [-0.25, -0.2) is 0 Å². The second kappa shape index (κ2) is 13.9. The van der Waals surface area contributed by atoms with Gasteiger partial charge in [0.2, 0.25) is 11.8 Å². The summed E-state index contributed by atoms with van der Waals surface area (Å²) < 4.78 is 0. The van der Waals surface area contributed by atoms with Crippen LogP contribution in [-0.2, 0) is 20.4 Å². The number of hydrogen-bond acceptors (Lipinski definition) is 4. The first-order chi connectivity index (χ1) is 20.9. The third-order valence-corrected chi connectivity index (χ3v) is 6.96. The maximum absolute atomic E-state index is 12.9. The van der Waals surface area contributed by atoms with Gasteiger partial charge in [-0.3, -0.25) is 9.59 Å². The van der Waals surface area contributed by atoms with Gasteiger partial charge in [-0.2, -0.15) is 5.11 Å². The molecule has 0 spiro atoms. The molecule has 0 aromatic heterocycles. The minimum absolute atomic E-state index is 0.0538. The Morgan fingerprint density at radius 1 is 0.591 bits per heavy atom. The second-order valence-electron chi connectivity index (χ2n) is 12.7. The molecule has 0 fully saturated rings. The summed E-state index contributed by atoms with van der Waals surface area (Å²) in [4.78, 5) is 25.7. The van der Waals surface area contributed by atoms with Gasteiger partial charge in [0.05, 0.1) is 11.4 Å². The molecule has 224 valence electrons. The monoisotopic (exact) mass is 584 g/mol. The van der Waals surface area contributed by atoms with E-state index in [2.05, 4.69) is 86.7 Å². The fourth-order valence-electron chi connectivity index (χ4n) is 4.30. The van der Waals surface area contributed by atoms with E-state index in [-0.39, 0.29) is 22.6 Å². The number of anilines is 2. The van der Waals surface area contributed by atoms with Crippen molar-refractivity contribution in [3.63, 3.8) is 0 Å². The Hall–Kier alpha value is -5.10. The largest absolute Gasteiger partial charge is 0.322 e. The number of hydrogen-bond donors (Lipinski definition) is 2. The number of nitrogens with one attached hydrogen (secondary N) is 2. The molecular weight excluding hydrogens is 544 g/mol. The van der Waals surface area contributed by atoms with Gasteiger partial charge in [0.15, 0.2) is 0 Å². The molecule has 4 rings (SSSR count). The van der Waals surface area contributed by atoms with Gasteiger partial charge in [0.1, 0.15) is 5.69 Å². The zero-order chi connectivity index (χ0) is 31.7. The minimum Gasteiger partial charge on any atom is -0.322 e. The van der Waals surface area contributed by atoms with E-state index >= 15 is 0 Å². The van der Waals surface area contributed by atoms with E-state index in [1.807, 2.05) is 54.6 Å². The lowest BCUT2D eigenvalue weighted by Gasteiger charge is -2.18. The molecule has 4 aromatic rings. The van der Waals surface area contributed by atoms with Crippen LogP contribution in [0.15, 0.2) is 119 Å². The molecule has 0 heterocycles. The van der Waals surface area contributed by atoms with E-state index in [0.717, 1.165) is 11.1 Å². The van der Waals surface area contributed by atoms with Crippen molar-refractivity contribution in [3.05, 3.63) is 131 Å². The molecule has 2 amide bonds. The lowest BCUT2D eigenvalue weighted by molar-refractivity contribution is -0.112. The molecule has 0 saturated heterocycles. The lowest BCUT2D eigenvalue weighted by Crippen LogP contribution is -2.11. The zero-order valence-corrected chi connectivity index (χ0v) is 26.3. The molecule has 4 aromatic carbocycles. The fourth-order valence-corrected chi connectivity index (χ4v) is 4.30. The molecular formula is C38H40N4O2. The van der Waals surface area contributed by atoms with Gasteiger partial charge in [0.25, 0.3) is 0 Å². The van der Waals surface area contributed by atoms with Crippen LogP contribution in [0.25, 0.3) is 12.2 Å². The average molecular weight is 585 g/mol. The van der Waals surface area contributed by atoms with Gasteiger partial charge in [-0.1, -0.05) is 108 Å². The van der Waals surface area contributed by atoms with Crippen molar-refractivity contribution in [3.8, 4) is 0 Å². The highest BCUT2D eigenvalue weighted by atomic mass is 16.2. The number of rotatable bonds is 8. The molecule has 0 aliphatic carbocycles. The maximum atomic E-state index is 12.9. The summed E-state index contributed by atoms with van der Waals surface area (Å²) in [5.41, 5.74) is 6.48. The van der Waals surface area contributed by atoms with Crippen LogP contribution in [0.5, 0.6) is 0 Å². The van der Waals surface area contributed by atoms with Crippen LogP contribution in [0.3, 0.4) is 0 Å². The van der Waals surface area contributed by atoms with E-state index in [1.54, 1.807) is 30.4 Å². The summed E-state index contributed by atoms with van der Waals surface area (Å²) in [7, 11) is 0. The van der Waals surface area contributed by atoms with E-state index in [0.29, 0.717) is 22.7 Å². The van der Waals surface area contributed by atoms with Crippen molar-refractivity contribution in [2.45, 2.75) is 52.4 Å². The molecule has 0 bridgehead atoms. The summed E-state index contributed by atoms with van der Waals surface area (Å²) >= 11 is 0. The molecule has 2 N–H and O–H groups in total. The van der Waals surface area contributed by atoms with E-state index < -0.39 is 0 Å². The highest BCUT2D eigenvalue weighted by molar-refractivity contribution is 6.05. The van der Waals surface area contributed by atoms with Crippen molar-refractivity contribution < 1.29 is 9.59 Å². The Kier molecular flexibility index (Phi) is 10.1. The van der Waals surface area contributed by atoms with Gasteiger partial charge in [0, 0.05) is 17.8 Å². The van der Waals surface area contributed by atoms with Gasteiger partial charge in [-0.05, 0) is 75.6 Å². The third-order valence-electron chi connectivity index (χ3n) is 6.96. The number of azo groups is 1. The number of nitrogens with zero attached hydrogens (tertiary/aromatic N) is 2. The molecule has 0 aliphatic heterocycles. The summed E-state index contributed by atoms with van der Waals surface area (Å²) in [6, 6.07) is 30.7. The van der Waals surface area contributed by atoms with Crippen molar-refractivity contribution in [1.82, 2.24) is 0 Å². The minimum atomic E-state index is -0.330. The molecule has 0 atom stereocenters. The molecule has 0 saturated carbocycles. The number of carbonyl (C=O) groups excluding carboxylic acids is 2. The number of carbonyl (C=O) groups is 2. The molecule has 0 aliphatic rings. The molecule has 6 nitrogen and oxygen atoms in total. The summed E-state index contributed by atoms with van der Waals surface area (Å²) in [6.07, 6.45) is 6.49. The van der Waals surface area contributed by atoms with Crippen LogP contribution in [0, 0.1) is 0 Å². The second-order valence-corrected chi connectivity index (χ2v) is 12.7. The van der Waals surface area contributed by atoms with Crippen molar-refractivity contribution in [2.75, 3.05) is 10.6 Å². The van der Waals surface area contributed by atoms with Crippen LogP contribution in [-0.4, -0.2) is 11.8 Å². The Morgan fingerprint density at radius 2 is 1.09 bits per heavy atom. The highest BCUT2D eigenvalue weighted by Crippen LogP contribution is 2.31. The Morgan fingerprint density at radius 3 is 1.59 bits per heavy atom. The molecule has 0 radical (unpaired) electrons. The maximum Gasteiger partial charge on any atom is 0.248 e. The van der Waals surface area contributed by atoms with E-state index in [1.165, 1.54) is 23.3 Å². The molecule has 44 heavy (non-hydrogen) atoms. The normalized spacial score (nSPS) is 12.2. The van der Waals surface area contributed by atoms with Crippen LogP contribution in [0.1, 0.15) is 63.8 Å². The van der Waals surface area contributed by atoms with Crippen LogP contribution < -0.4 is 10.6 Å². The lowest BCUT2D eigenvalue weighted by atomic mass is 9.87. The molecule has 6 heteroatoms. The smallest absolute Gasteiger partial charge is 0.248 e. The first-order valence-electron chi connectivity index (χ1n) is 14.7. The zero-order valence-electron chi connectivity index (χ0n) is 26.3. The average Bonchev–Trinajstić information content (AvgIpc) is 2.99. The molecule has 0 unspecified atom stereocenters. The first-order valence-corrected chi connectivity index (χ1v) is 14.7. The van der Waals surface area contributed by atoms with Crippen LogP contribution in [0.2, 0.25) is 0 Å². The summed E-state index contributed by atoms with van der Waals surface area (Å²) in [5.74, 6) is -0.623. The Balaban J connectivity index is 1.50. The standard InChI is InChI=1S/C38H40N4O2/c1-37(2,3)29-18-12-27(13-19-29)16-24-35(43)39-32-22-23-33(42-41-31-10-8-7-9-11-31)34(26-32)40-36(44)25-17-28-14-20-30(21-15-28)38(4,5)6/h7-26H,1-6H3,(H,39,43)(H,40,44). The Bertz CT molecular complexity index is 1670. The van der Waals surface area contributed by atoms with E-state index in [4.69, 9.17) is 0 Å². The Labute approximate surface area is 260 Å². The van der Waals surface area contributed by atoms with Crippen molar-refractivity contribution in [1.29, 1.82) is 0 Å². The quantitative estimate of drug-likeness (QED) is 0.160. The number of amides is 2. The summed E-state index contributed by atoms with van der Waals surface area (Å²) in [5, 5.41) is 14.4. The van der Waals surface area contributed by atoms with Crippen LogP contribution in [0.4, 0.5) is 22.7 Å². The van der Waals surface area contributed by atoms with Crippen molar-refractivity contribution >= 4 is 46.7 Å². The van der Waals surface area contributed by atoms with Crippen molar-refractivity contribution in [2.24, 2.45) is 10.2 Å². The highest BCUT2D eigenvalue weighted by Gasteiger charge is 2.14. The SMILES string of the molecule is CC(C)(C)c1ccc(C=CC(=O)Nc2ccc(N=Nc3ccccc3)c(NC(=O)C=Cc3ccc(C(C)(C)C)cc3)c2)cc1. The van der Waals surface area contributed by atoms with Crippen LogP contribution >= 0.6 is 0 Å². The summed E-state index contributed by atoms with van der Waals surface area (Å²) in [6.45, 7) is 13.0. The number of benzene rings is 4. The van der Waals surface area contributed by atoms with Gasteiger partial charge in [-0.15, -0.1) is 5.11 Å². The topological polar surface area (TPSA) is 82.9 Å². The van der Waals surface area contributed by atoms with E-state index in [9.17, 15) is 9.59 Å². The first kappa shape index (κ1) is 31.8. The third kappa shape index (κ3) is 9.46. The van der Waals surface area contributed by atoms with Gasteiger partial charge < -0.3 is 10.6 Å².